The van der Waals surface area contributed by atoms with Crippen LogP contribution in [0.3, 0.4) is 0 Å². The van der Waals surface area contributed by atoms with Crippen molar-refractivity contribution >= 4 is 0 Å². The SMILES string of the molecule is c1ccc(OCC2CCN(Cc3ccncc3)CC2)cc1. The topological polar surface area (TPSA) is 25.4 Å². The molecule has 0 N–H and O–H groups in total. The van der Waals surface area contributed by atoms with E-state index in [0.29, 0.717) is 5.92 Å². The Morgan fingerprint density at radius 2 is 1.71 bits per heavy atom. The molecule has 110 valence electrons. The van der Waals surface area contributed by atoms with Crippen molar-refractivity contribution in [3.8, 4) is 5.75 Å². The Morgan fingerprint density at radius 3 is 2.43 bits per heavy atom. The molecule has 0 atom stereocenters. The first kappa shape index (κ1) is 14.1. The molecule has 1 aromatic heterocycles. The van der Waals surface area contributed by atoms with Crippen molar-refractivity contribution in [1.29, 1.82) is 0 Å². The average Bonchev–Trinajstić information content (AvgIpc) is 2.56. The molecule has 3 rings (SSSR count). The summed E-state index contributed by atoms with van der Waals surface area (Å²) in [5.74, 6) is 1.66. The Balaban J connectivity index is 1.41. The number of rotatable bonds is 5. The number of aromatic nitrogens is 1. The van der Waals surface area contributed by atoms with Crippen molar-refractivity contribution in [2.75, 3.05) is 19.7 Å². The number of piperidine rings is 1. The van der Waals surface area contributed by atoms with Crippen LogP contribution in [0.1, 0.15) is 18.4 Å². The summed E-state index contributed by atoms with van der Waals surface area (Å²) in [6, 6.07) is 14.3. The molecule has 3 nitrogen and oxygen atoms in total. The third-order valence-corrected chi connectivity index (χ3v) is 4.09. The predicted octanol–water partition coefficient (Wildman–Crippen LogP) is 3.37. The van der Waals surface area contributed by atoms with Crippen LogP contribution in [0.2, 0.25) is 0 Å². The molecule has 1 fully saturated rings. The van der Waals surface area contributed by atoms with Gasteiger partial charge in [0.1, 0.15) is 5.75 Å². The fourth-order valence-corrected chi connectivity index (χ4v) is 2.79. The van der Waals surface area contributed by atoms with Crippen LogP contribution in [0.25, 0.3) is 0 Å². The predicted molar refractivity (Wildman–Crippen MR) is 84.2 cm³/mol. The molecule has 1 aliphatic rings. The largest absolute Gasteiger partial charge is 0.493 e. The van der Waals surface area contributed by atoms with Crippen LogP contribution >= 0.6 is 0 Å². The van der Waals surface area contributed by atoms with Gasteiger partial charge in [-0.2, -0.15) is 0 Å². The van der Waals surface area contributed by atoms with Crippen LogP contribution in [0.15, 0.2) is 54.9 Å². The van der Waals surface area contributed by atoms with E-state index in [1.807, 2.05) is 42.7 Å². The zero-order valence-electron chi connectivity index (χ0n) is 12.3. The summed E-state index contributed by atoms with van der Waals surface area (Å²) in [5, 5.41) is 0. The molecule has 0 bridgehead atoms. The van der Waals surface area contributed by atoms with Crippen molar-refractivity contribution in [3.05, 3.63) is 60.4 Å². The summed E-state index contributed by atoms with van der Waals surface area (Å²) in [6.45, 7) is 4.19. The van der Waals surface area contributed by atoms with Gasteiger partial charge in [-0.25, -0.2) is 0 Å². The molecule has 0 unspecified atom stereocenters. The summed E-state index contributed by atoms with van der Waals surface area (Å²) >= 11 is 0. The molecule has 3 heteroatoms. The van der Waals surface area contributed by atoms with Gasteiger partial charge in [0.05, 0.1) is 6.61 Å². The van der Waals surface area contributed by atoms with E-state index in [9.17, 15) is 0 Å². The van der Waals surface area contributed by atoms with E-state index in [0.717, 1.165) is 32.0 Å². The van der Waals surface area contributed by atoms with E-state index < -0.39 is 0 Å². The van der Waals surface area contributed by atoms with Gasteiger partial charge in [0.2, 0.25) is 0 Å². The lowest BCUT2D eigenvalue weighted by atomic mass is 9.97. The number of likely N-dealkylation sites (tertiary alicyclic amines) is 1. The summed E-state index contributed by atoms with van der Waals surface area (Å²) in [4.78, 5) is 6.59. The summed E-state index contributed by atoms with van der Waals surface area (Å²) in [7, 11) is 0. The molecule has 0 radical (unpaired) electrons. The lowest BCUT2D eigenvalue weighted by molar-refractivity contribution is 0.136. The number of hydrogen-bond acceptors (Lipinski definition) is 3. The van der Waals surface area contributed by atoms with Crippen LogP contribution in [-0.4, -0.2) is 29.6 Å². The third-order valence-electron chi connectivity index (χ3n) is 4.09. The van der Waals surface area contributed by atoms with Crippen LogP contribution in [0.5, 0.6) is 5.75 Å². The fourth-order valence-electron chi connectivity index (χ4n) is 2.79. The van der Waals surface area contributed by atoms with Gasteiger partial charge < -0.3 is 4.74 Å². The van der Waals surface area contributed by atoms with Crippen molar-refractivity contribution < 1.29 is 4.74 Å². The summed E-state index contributed by atoms with van der Waals surface area (Å²) in [6.07, 6.45) is 6.18. The highest BCUT2D eigenvalue weighted by molar-refractivity contribution is 5.20. The van der Waals surface area contributed by atoms with Crippen LogP contribution in [0.4, 0.5) is 0 Å². The number of hydrogen-bond donors (Lipinski definition) is 0. The molecule has 1 saturated heterocycles. The maximum atomic E-state index is 5.87. The molecular formula is C18H22N2O. The van der Waals surface area contributed by atoms with Gasteiger partial charge in [-0.15, -0.1) is 0 Å². The molecular weight excluding hydrogens is 260 g/mol. The number of para-hydroxylation sites is 1. The second kappa shape index (κ2) is 7.23. The molecule has 1 aromatic carbocycles. The lowest BCUT2D eigenvalue weighted by Crippen LogP contribution is -2.35. The minimum Gasteiger partial charge on any atom is -0.493 e. The van der Waals surface area contributed by atoms with Crippen molar-refractivity contribution in [1.82, 2.24) is 9.88 Å². The number of ether oxygens (including phenoxy) is 1. The fraction of sp³-hybridized carbons (Fsp3) is 0.389. The Hall–Kier alpha value is -1.87. The number of benzene rings is 1. The maximum absolute atomic E-state index is 5.87. The van der Waals surface area contributed by atoms with E-state index in [1.54, 1.807) is 0 Å². The van der Waals surface area contributed by atoms with Crippen molar-refractivity contribution in [2.24, 2.45) is 5.92 Å². The normalized spacial score (nSPS) is 16.8. The molecule has 0 spiro atoms. The minimum atomic E-state index is 0.680. The van der Waals surface area contributed by atoms with Gasteiger partial charge in [0.25, 0.3) is 0 Å². The second-order valence-corrected chi connectivity index (χ2v) is 5.70. The van der Waals surface area contributed by atoms with E-state index in [-0.39, 0.29) is 0 Å². The van der Waals surface area contributed by atoms with E-state index in [4.69, 9.17) is 4.74 Å². The van der Waals surface area contributed by atoms with Crippen LogP contribution < -0.4 is 4.74 Å². The molecule has 0 amide bonds. The smallest absolute Gasteiger partial charge is 0.119 e. The van der Waals surface area contributed by atoms with Gasteiger partial charge in [-0.3, -0.25) is 9.88 Å². The van der Waals surface area contributed by atoms with Crippen LogP contribution in [0, 0.1) is 5.92 Å². The second-order valence-electron chi connectivity index (χ2n) is 5.70. The standard InChI is InChI=1S/C18H22N2O/c1-2-4-18(5-3-1)21-15-17-8-12-20(13-9-17)14-16-6-10-19-11-7-16/h1-7,10-11,17H,8-9,12-15H2. The van der Waals surface area contributed by atoms with Gasteiger partial charge in [0, 0.05) is 18.9 Å². The highest BCUT2D eigenvalue weighted by Gasteiger charge is 2.19. The first-order valence-corrected chi connectivity index (χ1v) is 7.69. The number of nitrogens with zero attached hydrogens (tertiary/aromatic N) is 2. The molecule has 21 heavy (non-hydrogen) atoms. The first-order valence-electron chi connectivity index (χ1n) is 7.69. The Bertz CT molecular complexity index is 521. The Labute approximate surface area is 126 Å². The molecule has 2 heterocycles. The summed E-state index contributed by atoms with van der Waals surface area (Å²) in [5.41, 5.74) is 1.35. The van der Waals surface area contributed by atoms with Gasteiger partial charge >= 0.3 is 0 Å². The van der Waals surface area contributed by atoms with Crippen molar-refractivity contribution in [2.45, 2.75) is 19.4 Å². The molecule has 1 aliphatic heterocycles. The first-order chi connectivity index (χ1) is 10.4. The Kier molecular flexibility index (Phi) is 4.85. The van der Waals surface area contributed by atoms with E-state index >= 15 is 0 Å². The highest BCUT2D eigenvalue weighted by Crippen LogP contribution is 2.20. The van der Waals surface area contributed by atoms with E-state index in [2.05, 4.69) is 22.0 Å². The zero-order chi connectivity index (χ0) is 14.3. The Morgan fingerprint density at radius 1 is 1.00 bits per heavy atom. The maximum Gasteiger partial charge on any atom is 0.119 e. The van der Waals surface area contributed by atoms with Gasteiger partial charge in [0.15, 0.2) is 0 Å². The van der Waals surface area contributed by atoms with E-state index in [1.165, 1.54) is 18.4 Å². The highest BCUT2D eigenvalue weighted by atomic mass is 16.5. The number of pyridine rings is 1. The molecule has 0 aliphatic carbocycles. The third kappa shape index (κ3) is 4.30. The molecule has 0 saturated carbocycles. The van der Waals surface area contributed by atoms with Gasteiger partial charge in [-0.05, 0) is 61.7 Å². The quantitative estimate of drug-likeness (QED) is 0.840. The molecule has 2 aromatic rings. The lowest BCUT2D eigenvalue weighted by Gasteiger charge is -2.31. The average molecular weight is 282 g/mol. The zero-order valence-corrected chi connectivity index (χ0v) is 12.3. The van der Waals surface area contributed by atoms with Gasteiger partial charge in [-0.1, -0.05) is 18.2 Å². The van der Waals surface area contributed by atoms with Crippen molar-refractivity contribution in [3.63, 3.8) is 0 Å². The van der Waals surface area contributed by atoms with Crippen LogP contribution in [-0.2, 0) is 6.54 Å². The monoisotopic (exact) mass is 282 g/mol. The minimum absolute atomic E-state index is 0.680. The summed E-state index contributed by atoms with van der Waals surface area (Å²) < 4.78 is 5.87.